The first-order chi connectivity index (χ1) is 15.2. The lowest BCUT2D eigenvalue weighted by Gasteiger charge is -2.53. The van der Waals surface area contributed by atoms with E-state index in [4.69, 9.17) is 9.88 Å². The molecule has 7 heteroatoms. The molecule has 0 radical (unpaired) electrons. The molecule has 0 heterocycles. The number of ketones is 1. The third kappa shape index (κ3) is 3.63. The molecule has 3 saturated carbocycles. The molecule has 0 aromatic heterocycles. The number of carbonyl (C=O) groups excluding carboxylic acids is 2. The zero-order valence-corrected chi connectivity index (χ0v) is 19.3. The van der Waals surface area contributed by atoms with E-state index in [1.54, 1.807) is 0 Å². The van der Waals surface area contributed by atoms with E-state index in [-0.39, 0.29) is 16.4 Å². The van der Waals surface area contributed by atoms with Crippen molar-refractivity contribution in [3.05, 3.63) is 41.5 Å². The molecule has 0 saturated heterocycles. The lowest BCUT2D eigenvalue weighted by molar-refractivity contribution is -0.116. The van der Waals surface area contributed by atoms with Crippen molar-refractivity contribution in [2.75, 3.05) is 0 Å². The number of esters is 1. The molecule has 3 unspecified atom stereocenters. The molecule has 32 heavy (non-hydrogen) atoms. The maximum atomic E-state index is 12.8. The summed E-state index contributed by atoms with van der Waals surface area (Å²) in [7, 11) is -3.79. The summed E-state index contributed by atoms with van der Waals surface area (Å²) in [6.07, 6.45) is 9.78. The number of benzene rings is 1. The summed E-state index contributed by atoms with van der Waals surface area (Å²) in [5.41, 5.74) is 1.70. The Morgan fingerprint density at radius 2 is 1.78 bits per heavy atom. The molecule has 5 rings (SSSR count). The first-order valence-corrected chi connectivity index (χ1v) is 13.3. The third-order valence-electron chi connectivity index (χ3n) is 8.88. The monoisotopic (exact) mass is 457 g/mol. The largest absolute Gasteiger partial charge is 0.458 e. The molecule has 0 amide bonds. The van der Waals surface area contributed by atoms with Crippen LogP contribution >= 0.6 is 0 Å². The quantitative estimate of drug-likeness (QED) is 0.691. The van der Waals surface area contributed by atoms with Crippen molar-refractivity contribution in [3.63, 3.8) is 0 Å². The van der Waals surface area contributed by atoms with Crippen LogP contribution < -0.4 is 5.14 Å². The second kappa shape index (κ2) is 7.80. The van der Waals surface area contributed by atoms with Crippen molar-refractivity contribution in [3.8, 4) is 0 Å². The van der Waals surface area contributed by atoms with Gasteiger partial charge in [-0.1, -0.05) is 12.5 Å². The Morgan fingerprint density at radius 1 is 1.03 bits per heavy atom. The Balaban J connectivity index is 1.30. The van der Waals surface area contributed by atoms with Gasteiger partial charge in [0.2, 0.25) is 10.0 Å². The first kappa shape index (κ1) is 21.8. The van der Waals surface area contributed by atoms with Gasteiger partial charge in [0, 0.05) is 11.8 Å². The Labute approximate surface area is 189 Å². The van der Waals surface area contributed by atoms with Gasteiger partial charge < -0.3 is 4.74 Å². The van der Waals surface area contributed by atoms with Gasteiger partial charge in [-0.2, -0.15) is 0 Å². The number of primary sulfonamides is 1. The maximum absolute atomic E-state index is 12.8. The summed E-state index contributed by atoms with van der Waals surface area (Å²) in [6.45, 7) is 2.29. The van der Waals surface area contributed by atoms with Crippen molar-refractivity contribution < 1.29 is 22.7 Å². The summed E-state index contributed by atoms with van der Waals surface area (Å²) >= 11 is 0. The average molecular weight is 458 g/mol. The zero-order valence-electron chi connectivity index (χ0n) is 18.5. The second-order valence-electron chi connectivity index (χ2n) is 10.4. The van der Waals surface area contributed by atoms with Gasteiger partial charge in [0.1, 0.15) is 6.10 Å². The van der Waals surface area contributed by atoms with Crippen LogP contribution in [0.4, 0.5) is 0 Å². The fourth-order valence-electron chi connectivity index (χ4n) is 7.30. The van der Waals surface area contributed by atoms with Gasteiger partial charge in [0.25, 0.3) is 0 Å². The van der Waals surface area contributed by atoms with Crippen LogP contribution in [0.5, 0.6) is 0 Å². The Kier molecular flexibility index (Phi) is 5.32. The van der Waals surface area contributed by atoms with E-state index < -0.39 is 16.0 Å². The fraction of sp³-hybridized carbons (Fsp3) is 0.600. The molecule has 172 valence electrons. The highest BCUT2D eigenvalue weighted by Crippen LogP contribution is 2.62. The number of hydrogen-bond acceptors (Lipinski definition) is 5. The first-order valence-electron chi connectivity index (χ1n) is 11.7. The molecule has 2 N–H and O–H groups in total. The van der Waals surface area contributed by atoms with Gasteiger partial charge >= 0.3 is 5.97 Å². The lowest BCUT2D eigenvalue weighted by atomic mass is 9.52. The Morgan fingerprint density at radius 3 is 2.50 bits per heavy atom. The molecule has 1 aromatic carbocycles. The van der Waals surface area contributed by atoms with E-state index in [1.807, 2.05) is 6.08 Å². The van der Waals surface area contributed by atoms with Crippen molar-refractivity contribution in [2.45, 2.75) is 69.3 Å². The molecule has 6 nitrogen and oxygen atoms in total. The highest BCUT2D eigenvalue weighted by Gasteiger charge is 2.57. The lowest BCUT2D eigenvalue weighted by Crippen LogP contribution is -2.48. The highest BCUT2D eigenvalue weighted by atomic mass is 32.2. The van der Waals surface area contributed by atoms with Crippen LogP contribution in [0, 0.1) is 29.1 Å². The minimum atomic E-state index is -3.79. The third-order valence-corrected chi connectivity index (χ3v) is 9.81. The standard InChI is InChI=1S/C25H31NO5S/c1-25-13-12-20-19-9-5-17(27)14-16(19)4-8-21(20)22(25)10-11-23(25)31-24(28)15-2-6-18(7-3-15)32(26,29)30/h2-3,6-7,14,19-23H,4-5,8-13H2,1H3,(H2,26,29,30)/t19-,20?,21?,22?,23-,25-/m0/s1. The molecule has 4 aliphatic carbocycles. The summed E-state index contributed by atoms with van der Waals surface area (Å²) in [6, 6.07) is 5.62. The predicted octanol–water partition coefficient (Wildman–Crippen LogP) is 4.00. The topological polar surface area (TPSA) is 104 Å². The van der Waals surface area contributed by atoms with E-state index in [2.05, 4.69) is 6.92 Å². The normalized spacial score (nSPS) is 36.5. The minimum absolute atomic E-state index is 0.0182. The van der Waals surface area contributed by atoms with Crippen LogP contribution in [0.1, 0.15) is 68.6 Å². The van der Waals surface area contributed by atoms with Gasteiger partial charge in [-0.25, -0.2) is 18.4 Å². The van der Waals surface area contributed by atoms with E-state index in [1.165, 1.54) is 29.8 Å². The number of sulfonamides is 1. The summed E-state index contributed by atoms with van der Waals surface area (Å²) in [4.78, 5) is 24.7. The average Bonchev–Trinajstić information content (AvgIpc) is 3.09. The van der Waals surface area contributed by atoms with Crippen molar-refractivity contribution >= 4 is 21.8 Å². The molecular weight excluding hydrogens is 426 g/mol. The number of hydrogen-bond donors (Lipinski definition) is 1. The number of allylic oxidation sites excluding steroid dienone is 1. The molecule has 6 atom stereocenters. The maximum Gasteiger partial charge on any atom is 0.338 e. The Hall–Kier alpha value is -1.99. The zero-order chi connectivity index (χ0) is 22.7. The fourth-order valence-corrected chi connectivity index (χ4v) is 7.82. The number of nitrogens with two attached hydrogens (primary N) is 1. The van der Waals surface area contributed by atoms with Gasteiger partial charge in [0.15, 0.2) is 5.78 Å². The van der Waals surface area contributed by atoms with Gasteiger partial charge in [0.05, 0.1) is 10.5 Å². The number of rotatable bonds is 3. The second-order valence-corrected chi connectivity index (χ2v) is 12.0. The van der Waals surface area contributed by atoms with Crippen LogP contribution in [-0.2, 0) is 19.6 Å². The minimum Gasteiger partial charge on any atom is -0.458 e. The van der Waals surface area contributed by atoms with E-state index >= 15 is 0 Å². The summed E-state index contributed by atoms with van der Waals surface area (Å²) < 4.78 is 28.9. The van der Waals surface area contributed by atoms with Crippen molar-refractivity contribution in [2.24, 2.45) is 34.2 Å². The van der Waals surface area contributed by atoms with Crippen molar-refractivity contribution in [1.82, 2.24) is 0 Å². The van der Waals surface area contributed by atoms with Gasteiger partial charge in [-0.3, -0.25) is 4.79 Å². The molecular formula is C25H31NO5S. The van der Waals surface area contributed by atoms with E-state index in [0.29, 0.717) is 41.4 Å². The van der Waals surface area contributed by atoms with Crippen LogP contribution in [0.3, 0.4) is 0 Å². The van der Waals surface area contributed by atoms with Crippen molar-refractivity contribution in [1.29, 1.82) is 0 Å². The smallest absolute Gasteiger partial charge is 0.338 e. The molecule has 0 bridgehead atoms. The molecule has 4 aliphatic rings. The van der Waals surface area contributed by atoms with Gasteiger partial charge in [-0.05, 0) is 99.0 Å². The van der Waals surface area contributed by atoms with E-state index in [0.717, 1.165) is 44.9 Å². The van der Waals surface area contributed by atoms with Crippen LogP contribution in [-0.4, -0.2) is 26.3 Å². The van der Waals surface area contributed by atoms with Gasteiger partial charge in [-0.15, -0.1) is 0 Å². The summed E-state index contributed by atoms with van der Waals surface area (Å²) in [5, 5.41) is 5.14. The SMILES string of the molecule is C[C@]12CCC3C(CCC4=CC(=O)CC[C@@H]43)C1CC[C@@H]2OC(=O)c1ccc(S(N)(=O)=O)cc1. The molecule has 0 aliphatic heterocycles. The molecule has 3 fully saturated rings. The van der Waals surface area contributed by atoms with E-state index in [9.17, 15) is 18.0 Å². The number of fused-ring (bicyclic) bond motifs is 5. The Bertz CT molecular complexity index is 1080. The molecule has 1 aromatic rings. The van der Waals surface area contributed by atoms with Crippen LogP contribution in [0.15, 0.2) is 40.8 Å². The predicted molar refractivity (Wildman–Crippen MR) is 119 cm³/mol. The number of ether oxygens (including phenoxy) is 1. The van der Waals surface area contributed by atoms with Crippen LogP contribution in [0.25, 0.3) is 0 Å². The number of carbonyl (C=O) groups is 2. The highest BCUT2D eigenvalue weighted by molar-refractivity contribution is 7.89. The van der Waals surface area contributed by atoms with Crippen LogP contribution in [0.2, 0.25) is 0 Å². The summed E-state index contributed by atoms with van der Waals surface area (Å²) in [5.74, 6) is 2.29. The molecule has 0 spiro atoms.